The number of nitrogens with zero attached hydrogens (tertiary/aromatic N) is 2. The number of nitro groups is 1. The Morgan fingerprint density at radius 3 is 2.69 bits per heavy atom. The van der Waals surface area contributed by atoms with Crippen LogP contribution in [0, 0.1) is 21.4 Å². The van der Waals surface area contributed by atoms with Gasteiger partial charge in [0, 0.05) is 10.5 Å². The molecule has 1 aromatic rings. The van der Waals surface area contributed by atoms with Crippen LogP contribution in [0.15, 0.2) is 16.6 Å². The molecule has 0 bridgehead atoms. The van der Waals surface area contributed by atoms with E-state index in [4.69, 9.17) is 11.0 Å². The Morgan fingerprint density at radius 1 is 1.62 bits per heavy atom. The Kier molecular flexibility index (Phi) is 2.49. The van der Waals surface area contributed by atoms with Gasteiger partial charge in [0.15, 0.2) is 0 Å². The van der Waals surface area contributed by atoms with Crippen molar-refractivity contribution in [3.8, 4) is 6.07 Å². The Morgan fingerprint density at radius 2 is 2.23 bits per heavy atom. The first kappa shape index (κ1) is 9.48. The van der Waals surface area contributed by atoms with E-state index in [1.54, 1.807) is 6.07 Å². The third-order valence-corrected chi connectivity index (χ3v) is 2.09. The highest BCUT2D eigenvalue weighted by molar-refractivity contribution is 9.10. The Bertz CT molecular complexity index is 411. The van der Waals surface area contributed by atoms with Crippen molar-refractivity contribution in [2.45, 2.75) is 0 Å². The molecule has 0 aliphatic heterocycles. The zero-order valence-corrected chi connectivity index (χ0v) is 7.91. The number of hydrogen-bond donors (Lipinski definition) is 1. The van der Waals surface area contributed by atoms with Crippen LogP contribution in [0.1, 0.15) is 5.56 Å². The predicted molar refractivity (Wildman–Crippen MR) is 49.9 cm³/mol. The van der Waals surface area contributed by atoms with Crippen molar-refractivity contribution in [1.29, 1.82) is 5.26 Å². The van der Waals surface area contributed by atoms with E-state index in [0.29, 0.717) is 4.47 Å². The van der Waals surface area contributed by atoms with Gasteiger partial charge in [0.1, 0.15) is 5.69 Å². The maximum absolute atomic E-state index is 10.4. The summed E-state index contributed by atoms with van der Waals surface area (Å²) in [7, 11) is 0. The SMILES string of the molecule is N#Cc1cc(Br)c(N)c([N+](=O)[O-])c1. The van der Waals surface area contributed by atoms with Crippen molar-refractivity contribution in [2.75, 3.05) is 5.73 Å². The van der Waals surface area contributed by atoms with E-state index >= 15 is 0 Å². The maximum Gasteiger partial charge on any atom is 0.294 e. The molecular weight excluding hydrogens is 238 g/mol. The fourth-order valence-corrected chi connectivity index (χ4v) is 1.27. The second-order valence-electron chi connectivity index (χ2n) is 2.26. The lowest BCUT2D eigenvalue weighted by Gasteiger charge is -1.99. The van der Waals surface area contributed by atoms with Gasteiger partial charge in [-0.3, -0.25) is 10.1 Å². The largest absolute Gasteiger partial charge is 0.392 e. The van der Waals surface area contributed by atoms with Gasteiger partial charge in [0.25, 0.3) is 5.69 Å². The highest BCUT2D eigenvalue weighted by Gasteiger charge is 2.15. The zero-order chi connectivity index (χ0) is 10.0. The Balaban J connectivity index is 3.44. The summed E-state index contributed by atoms with van der Waals surface area (Å²) in [5.41, 5.74) is 5.38. The van der Waals surface area contributed by atoms with Gasteiger partial charge in [0.2, 0.25) is 0 Å². The average Bonchev–Trinajstić information content (AvgIpc) is 2.09. The number of nitro benzene ring substituents is 1. The molecule has 0 aliphatic rings. The summed E-state index contributed by atoms with van der Waals surface area (Å²) < 4.78 is 0.359. The molecule has 13 heavy (non-hydrogen) atoms. The number of nitriles is 1. The zero-order valence-electron chi connectivity index (χ0n) is 6.32. The van der Waals surface area contributed by atoms with E-state index in [0.717, 1.165) is 6.07 Å². The molecular formula is C7H4BrN3O2. The highest BCUT2D eigenvalue weighted by Crippen LogP contribution is 2.30. The van der Waals surface area contributed by atoms with E-state index in [9.17, 15) is 10.1 Å². The molecule has 0 saturated heterocycles. The number of benzene rings is 1. The molecule has 0 saturated carbocycles. The molecule has 0 fully saturated rings. The number of halogens is 1. The van der Waals surface area contributed by atoms with Gasteiger partial charge in [-0.2, -0.15) is 5.26 Å². The number of rotatable bonds is 1. The van der Waals surface area contributed by atoms with Crippen LogP contribution in [0.5, 0.6) is 0 Å². The van der Waals surface area contributed by atoms with Crippen molar-refractivity contribution in [3.63, 3.8) is 0 Å². The van der Waals surface area contributed by atoms with Crippen molar-refractivity contribution < 1.29 is 4.92 Å². The molecule has 0 radical (unpaired) electrons. The molecule has 0 heterocycles. The summed E-state index contributed by atoms with van der Waals surface area (Å²) in [6.07, 6.45) is 0. The van der Waals surface area contributed by atoms with Gasteiger partial charge in [0.05, 0.1) is 16.6 Å². The molecule has 66 valence electrons. The molecule has 2 N–H and O–H groups in total. The molecule has 6 heteroatoms. The fraction of sp³-hybridized carbons (Fsp3) is 0. The monoisotopic (exact) mass is 241 g/mol. The lowest BCUT2D eigenvalue weighted by Crippen LogP contribution is -1.97. The van der Waals surface area contributed by atoms with Gasteiger partial charge in [-0.05, 0) is 22.0 Å². The minimum absolute atomic E-state index is 0.0315. The molecule has 0 aromatic heterocycles. The minimum atomic E-state index is -0.624. The van der Waals surface area contributed by atoms with Crippen LogP contribution in [-0.4, -0.2) is 4.92 Å². The quantitative estimate of drug-likeness (QED) is 0.461. The first-order valence-corrected chi connectivity index (χ1v) is 3.99. The summed E-state index contributed by atoms with van der Waals surface area (Å²) in [4.78, 5) is 9.81. The minimum Gasteiger partial charge on any atom is -0.392 e. The van der Waals surface area contributed by atoms with Crippen molar-refractivity contribution in [1.82, 2.24) is 0 Å². The second kappa shape index (κ2) is 3.41. The molecule has 0 atom stereocenters. The third-order valence-electron chi connectivity index (χ3n) is 1.43. The predicted octanol–water partition coefficient (Wildman–Crippen LogP) is 1.81. The first-order valence-electron chi connectivity index (χ1n) is 3.19. The molecule has 0 spiro atoms. The molecule has 1 rings (SSSR count). The summed E-state index contributed by atoms with van der Waals surface area (Å²) in [6, 6.07) is 4.37. The molecule has 1 aromatic carbocycles. The van der Waals surface area contributed by atoms with Gasteiger partial charge < -0.3 is 5.73 Å². The van der Waals surface area contributed by atoms with E-state index < -0.39 is 4.92 Å². The summed E-state index contributed by atoms with van der Waals surface area (Å²) >= 11 is 3.03. The van der Waals surface area contributed by atoms with E-state index in [1.807, 2.05) is 0 Å². The summed E-state index contributed by atoms with van der Waals surface area (Å²) in [6.45, 7) is 0. The lowest BCUT2D eigenvalue weighted by molar-refractivity contribution is -0.384. The van der Waals surface area contributed by atoms with E-state index in [1.165, 1.54) is 6.07 Å². The third kappa shape index (κ3) is 1.76. The number of nitrogens with two attached hydrogens (primary N) is 1. The van der Waals surface area contributed by atoms with Crippen molar-refractivity contribution >= 4 is 27.3 Å². The molecule has 0 aliphatic carbocycles. The van der Waals surface area contributed by atoms with Crippen LogP contribution in [0.25, 0.3) is 0 Å². The van der Waals surface area contributed by atoms with Crippen LogP contribution in [0.3, 0.4) is 0 Å². The Labute approximate surface area is 82.0 Å². The topological polar surface area (TPSA) is 93.0 Å². The lowest BCUT2D eigenvalue weighted by atomic mass is 10.2. The van der Waals surface area contributed by atoms with Crippen LogP contribution in [-0.2, 0) is 0 Å². The van der Waals surface area contributed by atoms with E-state index in [-0.39, 0.29) is 16.9 Å². The maximum atomic E-state index is 10.4. The van der Waals surface area contributed by atoms with Crippen molar-refractivity contribution in [3.05, 3.63) is 32.3 Å². The highest BCUT2D eigenvalue weighted by atomic mass is 79.9. The van der Waals surface area contributed by atoms with Gasteiger partial charge >= 0.3 is 0 Å². The number of hydrogen-bond acceptors (Lipinski definition) is 4. The Hall–Kier alpha value is -1.61. The first-order chi connectivity index (χ1) is 6.06. The van der Waals surface area contributed by atoms with Crippen LogP contribution in [0.4, 0.5) is 11.4 Å². The van der Waals surface area contributed by atoms with Gasteiger partial charge in [-0.1, -0.05) is 0 Å². The normalized spacial score (nSPS) is 9.23. The standard InChI is InChI=1S/C7H4BrN3O2/c8-5-1-4(3-9)2-6(7(5)10)11(12)13/h1-2H,10H2. The second-order valence-corrected chi connectivity index (χ2v) is 3.11. The molecule has 0 amide bonds. The summed E-state index contributed by atoms with van der Waals surface area (Å²) in [5.74, 6) is 0. The average molecular weight is 242 g/mol. The smallest absolute Gasteiger partial charge is 0.294 e. The summed E-state index contributed by atoms with van der Waals surface area (Å²) in [5, 5.41) is 19.0. The van der Waals surface area contributed by atoms with E-state index in [2.05, 4.69) is 15.9 Å². The molecule has 0 unspecified atom stereocenters. The van der Waals surface area contributed by atoms with Crippen LogP contribution < -0.4 is 5.73 Å². The van der Waals surface area contributed by atoms with Gasteiger partial charge in [-0.25, -0.2) is 0 Å². The fourth-order valence-electron chi connectivity index (χ4n) is 0.819. The van der Waals surface area contributed by atoms with Crippen molar-refractivity contribution in [2.24, 2.45) is 0 Å². The van der Waals surface area contributed by atoms with Crippen LogP contribution >= 0.6 is 15.9 Å². The molecule has 5 nitrogen and oxygen atoms in total. The number of anilines is 1. The van der Waals surface area contributed by atoms with Crippen LogP contribution in [0.2, 0.25) is 0 Å². The van der Waals surface area contributed by atoms with Gasteiger partial charge in [-0.15, -0.1) is 0 Å². The number of nitrogen functional groups attached to an aromatic ring is 1.